The van der Waals surface area contributed by atoms with Crippen molar-refractivity contribution in [3.63, 3.8) is 0 Å². The number of non-ortho nitro benzene ring substituents is 1. The fourth-order valence-corrected chi connectivity index (χ4v) is 4.46. The lowest BCUT2D eigenvalue weighted by atomic mass is 9.98. The van der Waals surface area contributed by atoms with Gasteiger partial charge in [-0.1, -0.05) is 40.0 Å². The van der Waals surface area contributed by atoms with Gasteiger partial charge in [0, 0.05) is 36.0 Å². The van der Waals surface area contributed by atoms with Crippen molar-refractivity contribution in [2.24, 2.45) is 0 Å². The average Bonchev–Trinajstić information content (AvgIpc) is 3.29. The van der Waals surface area contributed by atoms with Crippen LogP contribution in [0.4, 0.5) is 5.69 Å². The minimum absolute atomic E-state index is 0.0837. The lowest BCUT2D eigenvalue weighted by molar-refractivity contribution is -0.384. The van der Waals surface area contributed by atoms with Gasteiger partial charge >= 0.3 is 0 Å². The third-order valence-electron chi connectivity index (χ3n) is 6.62. The Hall–Kier alpha value is -3.23. The van der Waals surface area contributed by atoms with E-state index in [1.165, 1.54) is 12.1 Å². The third-order valence-corrected chi connectivity index (χ3v) is 6.62. The fourth-order valence-electron chi connectivity index (χ4n) is 4.46. The minimum atomic E-state index is -0.612. The monoisotopic (exact) mass is 524 g/mol. The second-order valence-electron chi connectivity index (χ2n) is 9.77. The van der Waals surface area contributed by atoms with Crippen molar-refractivity contribution < 1.29 is 24.0 Å². The van der Waals surface area contributed by atoms with E-state index >= 15 is 0 Å². The maximum atomic E-state index is 13.5. The second kappa shape index (κ2) is 14.6. The van der Waals surface area contributed by atoms with Crippen molar-refractivity contribution in [2.75, 3.05) is 26.2 Å². The lowest BCUT2D eigenvalue weighted by Crippen LogP contribution is -2.36. The van der Waals surface area contributed by atoms with Gasteiger partial charge in [0.1, 0.15) is 29.8 Å². The molecule has 0 aliphatic carbocycles. The third kappa shape index (κ3) is 7.88. The van der Waals surface area contributed by atoms with Crippen molar-refractivity contribution in [2.45, 2.75) is 71.8 Å². The molecule has 206 valence electrons. The maximum absolute atomic E-state index is 13.5. The van der Waals surface area contributed by atoms with Crippen LogP contribution < -0.4 is 4.74 Å². The van der Waals surface area contributed by atoms with Crippen LogP contribution >= 0.6 is 0 Å². The number of furan rings is 1. The number of benzene rings is 2. The molecule has 1 N–H and O–H groups in total. The van der Waals surface area contributed by atoms with E-state index in [0.29, 0.717) is 46.6 Å². The van der Waals surface area contributed by atoms with Crippen molar-refractivity contribution in [3.05, 3.63) is 69.5 Å². The summed E-state index contributed by atoms with van der Waals surface area (Å²) in [5.41, 5.74) is 1.20. The summed E-state index contributed by atoms with van der Waals surface area (Å²) in [5, 5.41) is 22.3. The first-order chi connectivity index (χ1) is 18.4. The molecule has 3 rings (SSSR count). The molecule has 38 heavy (non-hydrogen) atoms. The van der Waals surface area contributed by atoms with Crippen LogP contribution in [0.15, 0.2) is 46.9 Å². The van der Waals surface area contributed by atoms with Gasteiger partial charge in [-0.2, -0.15) is 0 Å². The normalized spacial score (nSPS) is 12.2. The molecule has 0 aliphatic heterocycles. The first-order valence-electron chi connectivity index (χ1n) is 13.8. The fraction of sp³-hybridized carbons (Fsp3) is 0.500. The predicted octanol–water partition coefficient (Wildman–Crippen LogP) is 6.56. The van der Waals surface area contributed by atoms with Gasteiger partial charge in [-0.3, -0.25) is 14.9 Å². The van der Waals surface area contributed by atoms with E-state index in [0.717, 1.165) is 51.6 Å². The van der Waals surface area contributed by atoms with Crippen molar-refractivity contribution in [3.8, 4) is 5.75 Å². The standard InChI is InChI=1S/C30H40N2O6/c1-4-7-10-28-29(26-19-23(32(35)36)13-16-27(26)38-28)30(34)22-11-14-25(15-12-22)37-21-24(33)20-31(17-8-5-2)18-9-6-3/h11-16,19,24,33H,4-10,17-18,20-21H2,1-3H3. The van der Waals surface area contributed by atoms with E-state index in [2.05, 4.69) is 25.7 Å². The maximum Gasteiger partial charge on any atom is 0.270 e. The van der Waals surface area contributed by atoms with Crippen molar-refractivity contribution in [1.82, 2.24) is 4.90 Å². The summed E-state index contributed by atoms with van der Waals surface area (Å²) in [4.78, 5) is 26.7. The minimum Gasteiger partial charge on any atom is -0.491 e. The highest BCUT2D eigenvalue weighted by atomic mass is 16.6. The Kier molecular flexibility index (Phi) is 11.3. The number of ketones is 1. The summed E-state index contributed by atoms with van der Waals surface area (Å²) < 4.78 is 11.8. The molecule has 0 saturated heterocycles. The number of rotatable bonds is 17. The van der Waals surface area contributed by atoms with Crippen molar-refractivity contribution >= 4 is 22.4 Å². The summed E-state index contributed by atoms with van der Waals surface area (Å²) in [6, 6.07) is 11.1. The molecule has 1 aromatic heterocycles. The Balaban J connectivity index is 1.71. The Morgan fingerprint density at radius 2 is 1.68 bits per heavy atom. The van der Waals surface area contributed by atoms with E-state index in [4.69, 9.17) is 9.15 Å². The molecular weight excluding hydrogens is 484 g/mol. The first kappa shape index (κ1) is 29.3. The van der Waals surface area contributed by atoms with E-state index in [-0.39, 0.29) is 18.1 Å². The Morgan fingerprint density at radius 1 is 1.03 bits per heavy atom. The zero-order valence-electron chi connectivity index (χ0n) is 22.8. The molecule has 0 radical (unpaired) electrons. The molecule has 1 unspecified atom stereocenters. The number of fused-ring (bicyclic) bond motifs is 1. The van der Waals surface area contributed by atoms with Gasteiger partial charge in [0.2, 0.25) is 0 Å². The van der Waals surface area contributed by atoms with Gasteiger partial charge in [-0.15, -0.1) is 0 Å². The van der Waals surface area contributed by atoms with Crippen LogP contribution in [0.3, 0.4) is 0 Å². The second-order valence-corrected chi connectivity index (χ2v) is 9.77. The van der Waals surface area contributed by atoms with E-state index < -0.39 is 11.0 Å². The molecule has 1 atom stereocenters. The Morgan fingerprint density at radius 3 is 2.29 bits per heavy atom. The molecule has 8 heteroatoms. The van der Waals surface area contributed by atoms with Crippen LogP contribution in [-0.2, 0) is 6.42 Å². The highest BCUT2D eigenvalue weighted by molar-refractivity contribution is 6.17. The zero-order valence-corrected chi connectivity index (χ0v) is 22.8. The number of aryl methyl sites for hydroxylation is 1. The van der Waals surface area contributed by atoms with Gasteiger partial charge in [0.25, 0.3) is 5.69 Å². The number of carbonyl (C=O) groups excluding carboxylic acids is 1. The summed E-state index contributed by atoms with van der Waals surface area (Å²) >= 11 is 0. The number of hydrogen-bond acceptors (Lipinski definition) is 7. The van der Waals surface area contributed by atoms with Crippen LogP contribution in [0.2, 0.25) is 0 Å². The van der Waals surface area contributed by atoms with Crippen molar-refractivity contribution in [1.29, 1.82) is 0 Å². The molecular formula is C30H40N2O6. The number of aliphatic hydroxyl groups is 1. The highest BCUT2D eigenvalue weighted by Crippen LogP contribution is 2.32. The molecule has 0 amide bonds. The van der Waals surface area contributed by atoms with Gasteiger partial charge in [0.15, 0.2) is 5.78 Å². The smallest absolute Gasteiger partial charge is 0.270 e. The van der Waals surface area contributed by atoms with E-state index in [1.807, 2.05) is 0 Å². The van der Waals surface area contributed by atoms with Crippen LogP contribution in [0.5, 0.6) is 5.75 Å². The number of nitrogens with zero attached hydrogens (tertiary/aromatic N) is 2. The Bertz CT molecular complexity index is 1180. The summed E-state index contributed by atoms with van der Waals surface area (Å²) in [5.74, 6) is 0.865. The van der Waals surface area contributed by atoms with E-state index in [1.54, 1.807) is 30.3 Å². The van der Waals surface area contributed by atoms with E-state index in [9.17, 15) is 20.0 Å². The van der Waals surface area contributed by atoms with Crippen LogP contribution in [0.25, 0.3) is 11.0 Å². The molecule has 0 saturated carbocycles. The number of hydrogen-bond donors (Lipinski definition) is 1. The molecule has 0 spiro atoms. The number of nitro benzene ring substituents is 1. The summed E-state index contributed by atoms with van der Waals surface area (Å²) in [7, 11) is 0. The van der Waals surface area contributed by atoms with Gasteiger partial charge < -0.3 is 19.2 Å². The van der Waals surface area contributed by atoms with Crippen LogP contribution in [0.1, 0.15) is 81.0 Å². The first-order valence-corrected chi connectivity index (χ1v) is 13.8. The lowest BCUT2D eigenvalue weighted by Gasteiger charge is -2.25. The SMILES string of the molecule is CCCCc1oc2ccc([N+](=O)[O-])cc2c1C(=O)c1ccc(OCC(O)CN(CCCC)CCCC)cc1. The molecule has 0 bridgehead atoms. The molecule has 8 nitrogen and oxygen atoms in total. The van der Waals surface area contributed by atoms with Crippen LogP contribution in [-0.4, -0.2) is 53.1 Å². The molecule has 3 aromatic rings. The summed E-state index contributed by atoms with van der Waals surface area (Å²) in [6.07, 6.45) is 6.17. The molecule has 2 aromatic carbocycles. The van der Waals surface area contributed by atoms with Gasteiger partial charge in [-0.25, -0.2) is 0 Å². The highest BCUT2D eigenvalue weighted by Gasteiger charge is 2.24. The molecule has 0 aliphatic rings. The number of nitro groups is 1. The molecule has 0 fully saturated rings. The largest absolute Gasteiger partial charge is 0.491 e. The van der Waals surface area contributed by atoms with Gasteiger partial charge in [-0.05, 0) is 62.7 Å². The number of aliphatic hydroxyl groups excluding tert-OH is 1. The number of ether oxygens (including phenoxy) is 1. The van der Waals surface area contributed by atoms with Gasteiger partial charge in [0.05, 0.1) is 10.5 Å². The topological polar surface area (TPSA) is 106 Å². The number of unbranched alkanes of at least 4 members (excludes halogenated alkanes) is 3. The number of carbonyl (C=O) groups is 1. The summed E-state index contributed by atoms with van der Waals surface area (Å²) in [6.45, 7) is 9.05. The van der Waals surface area contributed by atoms with Crippen LogP contribution in [0, 0.1) is 10.1 Å². The quantitative estimate of drug-likeness (QED) is 0.121. The predicted molar refractivity (Wildman–Crippen MR) is 149 cm³/mol. The average molecular weight is 525 g/mol. The Labute approximate surface area is 224 Å². The molecule has 1 heterocycles. The zero-order chi connectivity index (χ0) is 27.5.